The van der Waals surface area contributed by atoms with E-state index in [1.807, 2.05) is 30.3 Å². The van der Waals surface area contributed by atoms with Crippen LogP contribution in [0.15, 0.2) is 101 Å². The van der Waals surface area contributed by atoms with Gasteiger partial charge in [-0.25, -0.2) is 4.98 Å². The van der Waals surface area contributed by atoms with E-state index in [4.69, 9.17) is 10.7 Å². The number of azo groups is 1. The molecule has 0 aliphatic carbocycles. The molecule has 4 aromatic carbocycles. The Morgan fingerprint density at radius 2 is 1.36 bits per heavy atom. The van der Waals surface area contributed by atoms with Crippen LogP contribution in [-0.4, -0.2) is 38.2 Å². The molecule has 7 nitrogen and oxygen atoms in total. The largest absolute Gasteiger partial charge is 0.375 e. The molecule has 39 heavy (non-hydrogen) atoms. The van der Waals surface area contributed by atoms with Crippen LogP contribution in [0, 0.1) is 0 Å². The van der Waals surface area contributed by atoms with Crippen LogP contribution in [0.4, 0.5) is 22.7 Å². The molecule has 0 atom stereocenters. The van der Waals surface area contributed by atoms with Crippen LogP contribution in [-0.2, 0) is 0 Å². The molecule has 0 saturated heterocycles. The summed E-state index contributed by atoms with van der Waals surface area (Å²) in [6.07, 6.45) is 0.962. The fourth-order valence-electron chi connectivity index (χ4n) is 4.88. The third kappa shape index (κ3) is 5.73. The van der Waals surface area contributed by atoms with Crippen LogP contribution in [0.1, 0.15) is 20.3 Å². The van der Waals surface area contributed by atoms with E-state index < -0.39 is 0 Å². The molecule has 1 heterocycles. The molecule has 0 aliphatic heterocycles. The van der Waals surface area contributed by atoms with Crippen LogP contribution < -0.4 is 20.1 Å². The van der Waals surface area contributed by atoms with E-state index in [-0.39, 0.29) is 0 Å². The average molecular weight is 519 g/mol. The Hall–Kier alpha value is -4.36. The summed E-state index contributed by atoms with van der Waals surface area (Å²) in [7, 11) is 2.08. The Morgan fingerprint density at radius 3 is 2.05 bits per heavy atom. The number of hydrogen-bond donors (Lipinski definition) is 1. The third-order valence-electron chi connectivity index (χ3n) is 7.05. The molecule has 7 heteroatoms. The van der Waals surface area contributed by atoms with Crippen molar-refractivity contribution in [3.63, 3.8) is 0 Å². The second-order valence-corrected chi connectivity index (χ2v) is 9.58. The van der Waals surface area contributed by atoms with E-state index in [0.717, 1.165) is 70.9 Å². The van der Waals surface area contributed by atoms with Crippen molar-refractivity contribution in [2.75, 3.05) is 43.0 Å². The van der Waals surface area contributed by atoms with Crippen molar-refractivity contribution in [3.8, 4) is 5.69 Å². The van der Waals surface area contributed by atoms with Crippen LogP contribution in [0.3, 0.4) is 0 Å². The van der Waals surface area contributed by atoms with Gasteiger partial charge in [-0.1, -0.05) is 18.2 Å². The van der Waals surface area contributed by atoms with Gasteiger partial charge in [0.05, 0.1) is 11.4 Å². The van der Waals surface area contributed by atoms with Crippen molar-refractivity contribution in [3.05, 3.63) is 91.0 Å². The van der Waals surface area contributed by atoms with Gasteiger partial charge in [-0.05, 0) is 75.3 Å². The zero-order valence-corrected chi connectivity index (χ0v) is 23.0. The Labute approximate surface area is 230 Å². The normalized spacial score (nSPS) is 11.5. The first kappa shape index (κ1) is 26.3. The van der Waals surface area contributed by atoms with E-state index in [9.17, 15) is 0 Å². The highest BCUT2D eigenvalue weighted by atomic mass is 15.1. The van der Waals surface area contributed by atoms with Gasteiger partial charge in [0.1, 0.15) is 11.0 Å². The maximum atomic E-state index is 5.65. The number of nitrogens with zero attached hydrogens (tertiary/aromatic N) is 6. The van der Waals surface area contributed by atoms with Crippen LogP contribution >= 0.6 is 0 Å². The van der Waals surface area contributed by atoms with Gasteiger partial charge in [0.2, 0.25) is 16.7 Å². The molecule has 1 aromatic heterocycles. The zero-order valence-electron chi connectivity index (χ0n) is 23.0. The lowest BCUT2D eigenvalue weighted by Gasteiger charge is -2.20. The van der Waals surface area contributed by atoms with E-state index in [0.29, 0.717) is 6.54 Å². The summed E-state index contributed by atoms with van der Waals surface area (Å²) in [6.45, 7) is 7.88. The molecular weight excluding hydrogens is 482 g/mol. The fraction of sp³-hybridized carbons (Fsp3) is 0.250. The smallest absolute Gasteiger partial charge is 0.239 e. The van der Waals surface area contributed by atoms with Gasteiger partial charge in [-0.3, -0.25) is 0 Å². The standard InChI is InChI=1S/C32H36N7/c1-4-38(5-2)28-17-19-30-32(23-28)39(27-10-7-6-8-11-27)31-22-25(14-18-29(31)34-30)36-35-24-12-15-26(16-13-24)37(3)21-9-20-33/h6-8,10-19,22-23H,4-5,9,20-21,33H2,1-3H3/q+1. The number of fused-ring (bicyclic) bond motifs is 2. The number of rotatable bonds is 10. The van der Waals surface area contributed by atoms with E-state index in [2.05, 4.69) is 106 Å². The minimum atomic E-state index is 0.690. The van der Waals surface area contributed by atoms with Crippen molar-refractivity contribution >= 4 is 44.8 Å². The van der Waals surface area contributed by atoms with E-state index >= 15 is 0 Å². The van der Waals surface area contributed by atoms with Gasteiger partial charge in [-0.2, -0.15) is 10.2 Å². The van der Waals surface area contributed by atoms with Crippen LogP contribution in [0.5, 0.6) is 0 Å². The Bertz CT molecular complexity index is 1580. The molecule has 0 radical (unpaired) electrons. The second-order valence-electron chi connectivity index (χ2n) is 9.58. The maximum absolute atomic E-state index is 5.65. The highest BCUT2D eigenvalue weighted by molar-refractivity contribution is 5.85. The van der Waals surface area contributed by atoms with Crippen LogP contribution in [0.25, 0.3) is 27.8 Å². The monoisotopic (exact) mass is 518 g/mol. The summed E-state index contributed by atoms with van der Waals surface area (Å²) < 4.78 is 2.27. The van der Waals surface area contributed by atoms with Gasteiger partial charge in [0.15, 0.2) is 0 Å². The predicted octanol–water partition coefficient (Wildman–Crippen LogP) is 6.71. The minimum Gasteiger partial charge on any atom is -0.375 e. The molecular formula is C32H36N7+. The first-order chi connectivity index (χ1) is 19.1. The molecule has 0 amide bonds. The lowest BCUT2D eigenvalue weighted by Crippen LogP contribution is -2.33. The Morgan fingerprint density at radius 1 is 0.744 bits per heavy atom. The second kappa shape index (κ2) is 12.0. The number of anilines is 2. The molecule has 198 valence electrons. The first-order valence-electron chi connectivity index (χ1n) is 13.6. The van der Waals surface area contributed by atoms with Gasteiger partial charge in [0, 0.05) is 62.3 Å². The Kier molecular flexibility index (Phi) is 8.08. The van der Waals surface area contributed by atoms with E-state index in [1.54, 1.807) is 0 Å². The maximum Gasteiger partial charge on any atom is 0.239 e. The van der Waals surface area contributed by atoms with E-state index in [1.165, 1.54) is 5.69 Å². The SMILES string of the molecule is CCN(CC)c1ccc2nc3ccc(N=Nc4ccc(N(C)CCCN)cc4)cc3[n+](-c3ccccc3)c2c1. The number of benzene rings is 4. The summed E-state index contributed by atoms with van der Waals surface area (Å²) in [6, 6.07) is 31.1. The summed E-state index contributed by atoms with van der Waals surface area (Å²) >= 11 is 0. The van der Waals surface area contributed by atoms with Crippen molar-refractivity contribution < 1.29 is 4.57 Å². The molecule has 0 spiro atoms. The molecule has 5 aromatic rings. The lowest BCUT2D eigenvalue weighted by atomic mass is 10.1. The minimum absolute atomic E-state index is 0.690. The molecule has 0 saturated carbocycles. The third-order valence-corrected chi connectivity index (χ3v) is 7.05. The lowest BCUT2D eigenvalue weighted by molar-refractivity contribution is -0.538. The number of aromatic nitrogens is 2. The molecule has 0 bridgehead atoms. The number of para-hydroxylation sites is 1. The Balaban J connectivity index is 1.56. The highest BCUT2D eigenvalue weighted by Crippen LogP contribution is 2.27. The summed E-state index contributed by atoms with van der Waals surface area (Å²) in [5, 5.41) is 9.10. The topological polar surface area (TPSA) is 74.0 Å². The van der Waals surface area contributed by atoms with Crippen molar-refractivity contribution in [1.29, 1.82) is 0 Å². The summed E-state index contributed by atoms with van der Waals surface area (Å²) in [5.74, 6) is 0. The zero-order chi connectivity index (χ0) is 27.2. The summed E-state index contributed by atoms with van der Waals surface area (Å²) in [5.41, 5.74) is 14.5. The predicted molar refractivity (Wildman–Crippen MR) is 162 cm³/mol. The first-order valence-corrected chi connectivity index (χ1v) is 13.6. The summed E-state index contributed by atoms with van der Waals surface area (Å²) in [4.78, 5) is 9.55. The highest BCUT2D eigenvalue weighted by Gasteiger charge is 2.21. The molecule has 2 N–H and O–H groups in total. The quantitative estimate of drug-likeness (QED) is 0.127. The van der Waals surface area contributed by atoms with Crippen molar-refractivity contribution in [2.24, 2.45) is 16.0 Å². The van der Waals surface area contributed by atoms with Gasteiger partial charge >= 0.3 is 0 Å². The average Bonchev–Trinajstić information content (AvgIpc) is 2.99. The number of hydrogen-bond acceptors (Lipinski definition) is 6. The van der Waals surface area contributed by atoms with Gasteiger partial charge in [0.25, 0.3) is 0 Å². The molecule has 0 aliphatic rings. The van der Waals surface area contributed by atoms with Crippen LogP contribution in [0.2, 0.25) is 0 Å². The van der Waals surface area contributed by atoms with Crippen molar-refractivity contribution in [1.82, 2.24) is 4.98 Å². The van der Waals surface area contributed by atoms with Crippen molar-refractivity contribution in [2.45, 2.75) is 20.3 Å². The van der Waals surface area contributed by atoms with Gasteiger partial charge in [-0.15, -0.1) is 4.57 Å². The molecule has 0 unspecified atom stereocenters. The van der Waals surface area contributed by atoms with Gasteiger partial charge < -0.3 is 15.5 Å². The number of nitrogens with two attached hydrogens (primary N) is 1. The molecule has 5 rings (SSSR count). The molecule has 0 fully saturated rings. The fourth-order valence-corrected chi connectivity index (χ4v) is 4.88.